The topological polar surface area (TPSA) is 74.9 Å². The Bertz CT molecular complexity index is 726. The number of hydrogen-bond acceptors (Lipinski definition) is 6. The summed E-state index contributed by atoms with van der Waals surface area (Å²) in [7, 11) is 3.35. The molecule has 1 aromatic rings. The molecule has 4 unspecified atom stereocenters. The van der Waals surface area contributed by atoms with Gasteiger partial charge in [-0.3, -0.25) is 13.9 Å². The van der Waals surface area contributed by atoms with Gasteiger partial charge in [0, 0.05) is 26.4 Å². The predicted molar refractivity (Wildman–Crippen MR) is 69.0 cm³/mol. The highest BCUT2D eigenvalue weighted by Gasteiger charge is 2.59. The molecule has 4 rings (SSSR count). The molecule has 0 radical (unpaired) electrons. The molecule has 3 aliphatic rings. The van der Waals surface area contributed by atoms with Gasteiger partial charge in [-0.25, -0.2) is 0 Å². The van der Waals surface area contributed by atoms with E-state index in [1.807, 2.05) is 0 Å². The van der Waals surface area contributed by atoms with E-state index in [4.69, 9.17) is 26.4 Å². The largest absolute Gasteiger partial charge is 0.441 e. The zero-order valence-electron chi connectivity index (χ0n) is 11.0. The highest BCUT2D eigenvalue weighted by Crippen LogP contribution is 2.49. The van der Waals surface area contributed by atoms with Gasteiger partial charge in [0.2, 0.25) is 12.2 Å². The van der Waals surface area contributed by atoms with Gasteiger partial charge >= 0.3 is 0 Å². The number of aliphatic hydroxyl groups is 1. The van der Waals surface area contributed by atoms with E-state index in [0.29, 0.717) is 29.2 Å². The Morgan fingerprint density at radius 3 is 2.90 bits per heavy atom. The van der Waals surface area contributed by atoms with E-state index in [1.54, 1.807) is 18.7 Å². The number of ether oxygens (including phenoxy) is 3. The molecule has 0 aromatic carbocycles. The smallest absolute Gasteiger partial charge is 0.262 e. The van der Waals surface area contributed by atoms with Crippen molar-refractivity contribution < 1.29 is 19.3 Å². The molecule has 1 N–H and O–H groups in total. The highest BCUT2D eigenvalue weighted by atomic mass is 32.1. The van der Waals surface area contributed by atoms with Crippen LogP contribution >= 0.6 is 12.2 Å². The number of aromatic nitrogens is 2. The van der Waals surface area contributed by atoms with Crippen LogP contribution < -0.4 is 10.3 Å². The maximum absolute atomic E-state index is 12.5. The normalized spacial score (nSPS) is 37.5. The van der Waals surface area contributed by atoms with E-state index < -0.39 is 12.1 Å². The summed E-state index contributed by atoms with van der Waals surface area (Å²) in [5, 5.41) is 10.6. The van der Waals surface area contributed by atoms with E-state index >= 15 is 0 Å². The third-order valence-corrected chi connectivity index (χ3v) is 4.88. The average Bonchev–Trinajstić information content (AvgIpc) is 2.88. The van der Waals surface area contributed by atoms with Crippen LogP contribution in [-0.4, -0.2) is 39.0 Å². The molecule has 108 valence electrons. The van der Waals surface area contributed by atoms with Crippen molar-refractivity contribution in [2.24, 2.45) is 14.1 Å². The van der Waals surface area contributed by atoms with Gasteiger partial charge in [0.25, 0.3) is 11.3 Å². The van der Waals surface area contributed by atoms with Gasteiger partial charge in [-0.05, 0) is 12.2 Å². The van der Waals surface area contributed by atoms with Crippen LogP contribution in [0.3, 0.4) is 0 Å². The van der Waals surface area contributed by atoms with Crippen LogP contribution in [0.1, 0.15) is 17.9 Å². The molecule has 2 fully saturated rings. The second kappa shape index (κ2) is 3.70. The molecular weight excluding hydrogens is 284 g/mol. The molecule has 4 atom stereocenters. The van der Waals surface area contributed by atoms with Gasteiger partial charge in [-0.15, -0.1) is 0 Å². The first kappa shape index (κ1) is 12.5. The van der Waals surface area contributed by atoms with Gasteiger partial charge < -0.3 is 19.3 Å². The molecule has 1 aromatic heterocycles. The number of fused-ring (bicyclic) bond motifs is 8. The van der Waals surface area contributed by atoms with Crippen molar-refractivity contribution in [3.8, 4) is 5.88 Å². The Morgan fingerprint density at radius 1 is 1.40 bits per heavy atom. The van der Waals surface area contributed by atoms with Gasteiger partial charge in [-0.1, -0.05) is 0 Å². The zero-order chi connectivity index (χ0) is 14.2. The monoisotopic (exact) mass is 298 g/mol. The fourth-order valence-electron chi connectivity index (χ4n) is 3.25. The Hall–Kier alpha value is -1.22. The minimum absolute atomic E-state index is 0.205. The lowest BCUT2D eigenvalue weighted by Gasteiger charge is -2.44. The maximum atomic E-state index is 12.5. The third kappa shape index (κ3) is 1.34. The lowest BCUT2D eigenvalue weighted by Crippen LogP contribution is -2.57. The van der Waals surface area contributed by atoms with Crippen molar-refractivity contribution in [1.29, 1.82) is 0 Å². The van der Waals surface area contributed by atoms with Crippen LogP contribution in [0.4, 0.5) is 0 Å². The van der Waals surface area contributed by atoms with Crippen molar-refractivity contribution in [2.75, 3.05) is 6.61 Å². The fraction of sp³-hybridized carbons (Fsp3) is 0.667. The molecule has 4 bridgehead atoms. The fourth-order valence-corrected chi connectivity index (χ4v) is 3.41. The Labute approximate surface area is 119 Å². The van der Waals surface area contributed by atoms with Crippen molar-refractivity contribution in [1.82, 2.24) is 9.13 Å². The lowest BCUT2D eigenvalue weighted by molar-refractivity contribution is -0.306. The van der Waals surface area contributed by atoms with E-state index in [-0.39, 0.29) is 17.6 Å². The lowest BCUT2D eigenvalue weighted by atomic mass is 9.84. The summed E-state index contributed by atoms with van der Waals surface area (Å²) in [6.45, 7) is 0.350. The van der Waals surface area contributed by atoms with E-state index in [2.05, 4.69) is 0 Å². The summed E-state index contributed by atoms with van der Waals surface area (Å²) in [4.78, 5) is 12.5. The van der Waals surface area contributed by atoms with Crippen LogP contribution in [0.5, 0.6) is 5.88 Å². The maximum Gasteiger partial charge on any atom is 0.262 e. The van der Waals surface area contributed by atoms with Gasteiger partial charge in [0.05, 0.1) is 18.3 Å². The molecule has 20 heavy (non-hydrogen) atoms. The van der Waals surface area contributed by atoms with E-state index in [1.165, 1.54) is 4.57 Å². The minimum atomic E-state index is -1.56. The standard InChI is InChI=1S/C12H14N2O5S/c1-13-8(15)7-5-3-12(16,10-17-4-6(5)18-10)19-9(7)14(2)11(13)20/h5-6,10,16H,3-4H2,1-2H3. The van der Waals surface area contributed by atoms with E-state index in [9.17, 15) is 9.90 Å². The molecule has 4 heterocycles. The van der Waals surface area contributed by atoms with Crippen LogP contribution in [0, 0.1) is 4.77 Å². The number of nitrogens with zero attached hydrogens (tertiary/aromatic N) is 2. The summed E-state index contributed by atoms with van der Waals surface area (Å²) >= 11 is 5.21. The van der Waals surface area contributed by atoms with Crippen LogP contribution in [0.25, 0.3) is 0 Å². The molecule has 7 nitrogen and oxygen atoms in total. The van der Waals surface area contributed by atoms with Crippen molar-refractivity contribution in [2.45, 2.75) is 30.5 Å². The summed E-state index contributed by atoms with van der Waals surface area (Å²) in [6, 6.07) is 0. The Kier molecular flexibility index (Phi) is 2.32. The zero-order valence-corrected chi connectivity index (χ0v) is 11.8. The molecular formula is C12H14N2O5S. The van der Waals surface area contributed by atoms with Crippen LogP contribution in [0.15, 0.2) is 4.79 Å². The van der Waals surface area contributed by atoms with Crippen LogP contribution in [0.2, 0.25) is 0 Å². The molecule has 0 spiro atoms. The Morgan fingerprint density at radius 2 is 2.15 bits per heavy atom. The quantitative estimate of drug-likeness (QED) is 0.667. The first-order chi connectivity index (χ1) is 9.42. The summed E-state index contributed by atoms with van der Waals surface area (Å²) in [6.07, 6.45) is -0.748. The highest BCUT2D eigenvalue weighted by molar-refractivity contribution is 7.71. The molecule has 0 saturated carbocycles. The SMILES string of the molecule is Cn1c2c(c(=O)n(C)c1=S)C1CC(O)(O2)C2OCC1O2. The van der Waals surface area contributed by atoms with Crippen LogP contribution in [-0.2, 0) is 23.6 Å². The second-order valence-corrected chi connectivity index (χ2v) is 5.89. The predicted octanol–water partition coefficient (Wildman–Crippen LogP) is -0.237. The van der Waals surface area contributed by atoms with Crippen molar-refractivity contribution in [3.63, 3.8) is 0 Å². The first-order valence-corrected chi connectivity index (χ1v) is 6.81. The van der Waals surface area contributed by atoms with Gasteiger partial charge in [-0.2, -0.15) is 0 Å². The van der Waals surface area contributed by atoms with Crippen molar-refractivity contribution in [3.05, 3.63) is 20.7 Å². The molecule has 0 amide bonds. The average molecular weight is 298 g/mol. The first-order valence-electron chi connectivity index (χ1n) is 6.41. The van der Waals surface area contributed by atoms with Gasteiger partial charge in [0.1, 0.15) is 0 Å². The molecule has 3 aliphatic heterocycles. The minimum Gasteiger partial charge on any atom is -0.441 e. The van der Waals surface area contributed by atoms with E-state index in [0.717, 1.165) is 0 Å². The van der Waals surface area contributed by atoms with Crippen molar-refractivity contribution >= 4 is 12.2 Å². The molecule has 0 aliphatic carbocycles. The third-order valence-electron chi connectivity index (χ3n) is 4.33. The number of hydrogen-bond donors (Lipinski definition) is 1. The molecule has 2 saturated heterocycles. The van der Waals surface area contributed by atoms with Gasteiger partial charge in [0.15, 0.2) is 4.77 Å². The summed E-state index contributed by atoms with van der Waals surface area (Å²) in [5.74, 6) is -1.49. The second-order valence-electron chi connectivity index (χ2n) is 5.52. The molecule has 8 heteroatoms. The summed E-state index contributed by atoms with van der Waals surface area (Å²) < 4.78 is 20.0. The number of rotatable bonds is 0. The summed E-state index contributed by atoms with van der Waals surface area (Å²) in [5.41, 5.74) is 0.298. The Balaban J connectivity index is 2.04.